The van der Waals surface area contributed by atoms with Crippen LogP contribution in [0.5, 0.6) is 0 Å². The van der Waals surface area contributed by atoms with E-state index in [0.717, 1.165) is 13.0 Å². The van der Waals surface area contributed by atoms with E-state index < -0.39 is 0 Å². The topological polar surface area (TPSA) is 29.3 Å². The number of rotatable bonds is 3. The van der Waals surface area contributed by atoms with Crippen molar-refractivity contribution in [3.05, 3.63) is 0 Å². The van der Waals surface area contributed by atoms with Crippen LogP contribution in [0.4, 0.5) is 0 Å². The summed E-state index contributed by atoms with van der Waals surface area (Å²) in [5, 5.41) is 0. The molecular formula is C5H14N2S. The first-order valence-electron chi connectivity index (χ1n) is 2.78. The van der Waals surface area contributed by atoms with E-state index in [1.165, 1.54) is 0 Å². The standard InChI is InChI=1S/C5H14N2S/c1-5(6)3-4-7(2)8/h5,8H,3-4,6H2,1-2H3. The van der Waals surface area contributed by atoms with Gasteiger partial charge in [0.1, 0.15) is 0 Å². The number of nitrogens with zero attached hydrogens (tertiary/aromatic N) is 1. The molecule has 0 radical (unpaired) electrons. The Kier molecular flexibility index (Phi) is 4.32. The summed E-state index contributed by atoms with van der Waals surface area (Å²) in [5.74, 6) is 0. The van der Waals surface area contributed by atoms with Crippen molar-refractivity contribution < 1.29 is 0 Å². The molecule has 0 amide bonds. The second-order valence-corrected chi connectivity index (χ2v) is 2.83. The zero-order valence-electron chi connectivity index (χ0n) is 5.46. The zero-order valence-corrected chi connectivity index (χ0v) is 6.36. The highest BCUT2D eigenvalue weighted by Crippen LogP contribution is 1.91. The quantitative estimate of drug-likeness (QED) is 0.550. The molecule has 1 atom stereocenters. The number of hydrogen-bond donors (Lipinski definition) is 2. The van der Waals surface area contributed by atoms with Crippen molar-refractivity contribution in [2.45, 2.75) is 19.4 Å². The summed E-state index contributed by atoms with van der Waals surface area (Å²) < 4.78 is 1.84. The predicted octanol–water partition coefficient (Wildman–Crippen LogP) is 0.500. The van der Waals surface area contributed by atoms with Gasteiger partial charge in [-0.3, -0.25) is 4.31 Å². The molecule has 0 aliphatic rings. The minimum absolute atomic E-state index is 0.296. The fourth-order valence-electron chi connectivity index (χ4n) is 0.390. The first-order valence-corrected chi connectivity index (χ1v) is 3.18. The van der Waals surface area contributed by atoms with Gasteiger partial charge in [0, 0.05) is 12.6 Å². The molecule has 2 N–H and O–H groups in total. The average Bonchev–Trinajstić information content (AvgIpc) is 1.61. The summed E-state index contributed by atoms with van der Waals surface area (Å²) in [7, 11) is 1.92. The van der Waals surface area contributed by atoms with Crippen LogP contribution in [-0.2, 0) is 0 Å². The molecule has 0 heterocycles. The van der Waals surface area contributed by atoms with Crippen LogP contribution in [0, 0.1) is 0 Å². The number of thiol groups is 1. The Morgan fingerprint density at radius 2 is 2.25 bits per heavy atom. The minimum Gasteiger partial charge on any atom is -0.328 e. The van der Waals surface area contributed by atoms with Crippen LogP contribution < -0.4 is 5.73 Å². The molecule has 1 unspecified atom stereocenters. The molecule has 0 rings (SSSR count). The fourth-order valence-corrected chi connectivity index (χ4v) is 0.506. The Hall–Kier alpha value is 0.270. The molecule has 2 nitrogen and oxygen atoms in total. The number of nitrogens with two attached hydrogens (primary N) is 1. The maximum absolute atomic E-state index is 5.48. The maximum Gasteiger partial charge on any atom is 0.00985 e. The van der Waals surface area contributed by atoms with Gasteiger partial charge in [-0.25, -0.2) is 0 Å². The van der Waals surface area contributed by atoms with Crippen molar-refractivity contribution in [2.24, 2.45) is 5.73 Å². The van der Waals surface area contributed by atoms with Crippen molar-refractivity contribution in [2.75, 3.05) is 13.6 Å². The van der Waals surface area contributed by atoms with Gasteiger partial charge in [0.2, 0.25) is 0 Å². The minimum atomic E-state index is 0.296. The second kappa shape index (κ2) is 4.18. The van der Waals surface area contributed by atoms with Gasteiger partial charge in [-0.05, 0) is 20.4 Å². The van der Waals surface area contributed by atoms with E-state index in [0.29, 0.717) is 6.04 Å². The SMILES string of the molecule is CC(N)CCN(C)S. The van der Waals surface area contributed by atoms with Crippen molar-refractivity contribution in [1.29, 1.82) is 0 Å². The first-order chi connectivity index (χ1) is 3.63. The summed E-state index contributed by atoms with van der Waals surface area (Å²) in [5.41, 5.74) is 5.48. The van der Waals surface area contributed by atoms with Crippen LogP contribution in [0.15, 0.2) is 0 Å². The highest BCUT2D eigenvalue weighted by molar-refractivity contribution is 7.77. The fraction of sp³-hybridized carbons (Fsp3) is 1.00. The van der Waals surface area contributed by atoms with Crippen LogP contribution in [0.1, 0.15) is 13.3 Å². The van der Waals surface area contributed by atoms with Crippen LogP contribution in [0.25, 0.3) is 0 Å². The summed E-state index contributed by atoms with van der Waals surface area (Å²) in [6, 6.07) is 0.296. The van der Waals surface area contributed by atoms with Gasteiger partial charge in [0.05, 0.1) is 0 Å². The third kappa shape index (κ3) is 6.27. The lowest BCUT2D eigenvalue weighted by Gasteiger charge is -2.09. The lowest BCUT2D eigenvalue weighted by atomic mass is 10.2. The smallest absolute Gasteiger partial charge is 0.00985 e. The highest BCUT2D eigenvalue weighted by atomic mass is 32.1. The Balaban J connectivity index is 2.93. The molecule has 0 saturated heterocycles. The lowest BCUT2D eigenvalue weighted by molar-refractivity contribution is 0.512. The van der Waals surface area contributed by atoms with Crippen LogP contribution in [-0.4, -0.2) is 23.9 Å². The molecule has 0 spiro atoms. The summed E-state index contributed by atoms with van der Waals surface area (Å²) in [6.45, 7) is 2.96. The van der Waals surface area contributed by atoms with Crippen molar-refractivity contribution in [3.63, 3.8) is 0 Å². The van der Waals surface area contributed by atoms with Crippen LogP contribution >= 0.6 is 12.8 Å². The van der Waals surface area contributed by atoms with E-state index >= 15 is 0 Å². The van der Waals surface area contributed by atoms with Crippen LogP contribution in [0.2, 0.25) is 0 Å². The van der Waals surface area contributed by atoms with Gasteiger partial charge in [-0.2, -0.15) is 0 Å². The van der Waals surface area contributed by atoms with Gasteiger partial charge in [-0.1, -0.05) is 12.8 Å². The molecule has 0 aliphatic heterocycles. The van der Waals surface area contributed by atoms with E-state index in [2.05, 4.69) is 12.8 Å². The second-order valence-electron chi connectivity index (χ2n) is 2.15. The predicted molar refractivity (Wildman–Crippen MR) is 39.9 cm³/mol. The van der Waals surface area contributed by atoms with Gasteiger partial charge in [0.15, 0.2) is 0 Å². The maximum atomic E-state index is 5.48. The van der Waals surface area contributed by atoms with Crippen LogP contribution in [0.3, 0.4) is 0 Å². The molecule has 0 aromatic heterocycles. The summed E-state index contributed by atoms with van der Waals surface area (Å²) in [4.78, 5) is 0. The van der Waals surface area contributed by atoms with E-state index in [1.807, 2.05) is 18.3 Å². The van der Waals surface area contributed by atoms with E-state index in [-0.39, 0.29) is 0 Å². The summed E-state index contributed by atoms with van der Waals surface area (Å²) in [6.07, 6.45) is 1.01. The highest BCUT2D eigenvalue weighted by Gasteiger charge is 1.93. The Bertz CT molecular complexity index is 46.4. The summed E-state index contributed by atoms with van der Waals surface area (Å²) >= 11 is 4.05. The van der Waals surface area contributed by atoms with Gasteiger partial charge < -0.3 is 5.73 Å². The monoisotopic (exact) mass is 134 g/mol. The molecule has 3 heteroatoms. The third-order valence-corrected chi connectivity index (χ3v) is 1.11. The normalized spacial score (nSPS) is 14.6. The zero-order chi connectivity index (χ0) is 6.57. The molecule has 50 valence electrons. The largest absolute Gasteiger partial charge is 0.328 e. The molecule has 0 aromatic rings. The van der Waals surface area contributed by atoms with Crippen molar-refractivity contribution in [1.82, 2.24) is 4.31 Å². The Morgan fingerprint density at radius 1 is 1.75 bits per heavy atom. The number of hydrogen-bond acceptors (Lipinski definition) is 3. The third-order valence-electron chi connectivity index (χ3n) is 0.908. The van der Waals surface area contributed by atoms with Gasteiger partial charge in [-0.15, -0.1) is 0 Å². The van der Waals surface area contributed by atoms with E-state index in [1.54, 1.807) is 0 Å². The molecule has 0 aliphatic carbocycles. The van der Waals surface area contributed by atoms with Crippen molar-refractivity contribution >= 4 is 12.8 Å². The molecule has 0 saturated carbocycles. The van der Waals surface area contributed by atoms with Gasteiger partial charge >= 0.3 is 0 Å². The lowest BCUT2D eigenvalue weighted by Crippen LogP contribution is -2.20. The van der Waals surface area contributed by atoms with E-state index in [9.17, 15) is 0 Å². The molecular weight excluding hydrogens is 120 g/mol. The first kappa shape index (κ1) is 8.27. The average molecular weight is 134 g/mol. The van der Waals surface area contributed by atoms with E-state index in [4.69, 9.17) is 5.73 Å². The Labute approximate surface area is 56.6 Å². The molecule has 8 heavy (non-hydrogen) atoms. The molecule has 0 fully saturated rings. The molecule has 0 bridgehead atoms. The Morgan fingerprint density at radius 3 is 2.38 bits per heavy atom. The molecule has 0 aromatic carbocycles. The van der Waals surface area contributed by atoms with Crippen molar-refractivity contribution in [3.8, 4) is 0 Å². The van der Waals surface area contributed by atoms with Gasteiger partial charge in [0.25, 0.3) is 0 Å².